The number of aliphatic hydroxyl groups excluding tert-OH is 1. The van der Waals surface area contributed by atoms with Crippen molar-refractivity contribution in [1.82, 2.24) is 0 Å². The molecule has 0 aliphatic heterocycles. The lowest BCUT2D eigenvalue weighted by Gasteiger charge is -2.00. The van der Waals surface area contributed by atoms with E-state index >= 15 is 0 Å². The number of hydrogen-bond acceptors (Lipinski definition) is 1. The summed E-state index contributed by atoms with van der Waals surface area (Å²) in [5.41, 5.74) is 0. The van der Waals surface area contributed by atoms with Crippen LogP contribution in [0.3, 0.4) is 0 Å². The zero-order valence-electron chi connectivity index (χ0n) is 7.01. The topological polar surface area (TPSA) is 20.2 Å². The van der Waals surface area contributed by atoms with E-state index in [-0.39, 0.29) is 6.10 Å². The molecule has 0 saturated carbocycles. The summed E-state index contributed by atoms with van der Waals surface area (Å²) in [6.07, 6.45) is 7.93. The maximum absolute atomic E-state index is 9.19. The standard InChI is InChI=1S/C9H18O/c1-3-5-6-8-9(10)7-4-2/h6,8-10H,3-5,7H2,1-2H3/b8-6-/t9-/m0/s1. The first-order valence-electron chi connectivity index (χ1n) is 4.16. The molecule has 0 spiro atoms. The van der Waals surface area contributed by atoms with Crippen molar-refractivity contribution in [2.45, 2.75) is 45.6 Å². The van der Waals surface area contributed by atoms with E-state index in [2.05, 4.69) is 19.9 Å². The van der Waals surface area contributed by atoms with E-state index in [1.165, 1.54) is 0 Å². The quantitative estimate of drug-likeness (QED) is 0.585. The van der Waals surface area contributed by atoms with E-state index in [1.807, 2.05) is 6.08 Å². The van der Waals surface area contributed by atoms with Crippen molar-refractivity contribution in [3.63, 3.8) is 0 Å². The highest BCUT2D eigenvalue weighted by atomic mass is 16.3. The van der Waals surface area contributed by atoms with Gasteiger partial charge in [0.15, 0.2) is 0 Å². The lowest BCUT2D eigenvalue weighted by molar-refractivity contribution is 0.211. The van der Waals surface area contributed by atoms with Gasteiger partial charge in [-0.05, 0) is 12.8 Å². The van der Waals surface area contributed by atoms with E-state index in [4.69, 9.17) is 0 Å². The van der Waals surface area contributed by atoms with Crippen LogP contribution in [-0.4, -0.2) is 11.2 Å². The molecule has 0 bridgehead atoms. The molecule has 0 aliphatic carbocycles. The molecule has 0 radical (unpaired) electrons. The SMILES string of the molecule is CCC/C=C\[C@@H](O)CCC. The van der Waals surface area contributed by atoms with Gasteiger partial charge in [-0.3, -0.25) is 0 Å². The minimum absolute atomic E-state index is 0.212. The predicted molar refractivity (Wildman–Crippen MR) is 45.0 cm³/mol. The van der Waals surface area contributed by atoms with Crippen LogP contribution in [0.25, 0.3) is 0 Å². The van der Waals surface area contributed by atoms with Crippen molar-refractivity contribution in [3.05, 3.63) is 12.2 Å². The van der Waals surface area contributed by atoms with Gasteiger partial charge < -0.3 is 5.11 Å². The molecular weight excluding hydrogens is 124 g/mol. The number of unbranched alkanes of at least 4 members (excludes halogenated alkanes) is 1. The van der Waals surface area contributed by atoms with Crippen LogP contribution in [0.4, 0.5) is 0 Å². The third-order valence-corrected chi connectivity index (χ3v) is 1.40. The Labute approximate surface area is 63.8 Å². The first-order chi connectivity index (χ1) is 4.81. The number of rotatable bonds is 5. The Morgan fingerprint density at radius 2 is 2.00 bits per heavy atom. The van der Waals surface area contributed by atoms with Gasteiger partial charge in [0.25, 0.3) is 0 Å². The summed E-state index contributed by atoms with van der Waals surface area (Å²) in [5, 5.41) is 9.19. The number of aliphatic hydroxyl groups is 1. The average molecular weight is 142 g/mol. The van der Waals surface area contributed by atoms with Gasteiger partial charge in [-0.1, -0.05) is 38.8 Å². The van der Waals surface area contributed by atoms with Crippen LogP contribution in [0.5, 0.6) is 0 Å². The zero-order valence-corrected chi connectivity index (χ0v) is 7.01. The van der Waals surface area contributed by atoms with Gasteiger partial charge in [0.2, 0.25) is 0 Å². The van der Waals surface area contributed by atoms with E-state index < -0.39 is 0 Å². The van der Waals surface area contributed by atoms with Gasteiger partial charge in [-0.15, -0.1) is 0 Å². The van der Waals surface area contributed by atoms with Crippen LogP contribution in [0.1, 0.15) is 39.5 Å². The molecule has 0 aromatic rings. The second kappa shape index (κ2) is 6.81. The first-order valence-corrected chi connectivity index (χ1v) is 4.16. The average Bonchev–Trinajstić information content (AvgIpc) is 1.89. The predicted octanol–water partition coefficient (Wildman–Crippen LogP) is 2.50. The van der Waals surface area contributed by atoms with Gasteiger partial charge in [-0.2, -0.15) is 0 Å². The van der Waals surface area contributed by atoms with Gasteiger partial charge in [0, 0.05) is 0 Å². The van der Waals surface area contributed by atoms with Crippen LogP contribution >= 0.6 is 0 Å². The fraction of sp³-hybridized carbons (Fsp3) is 0.778. The van der Waals surface area contributed by atoms with Crippen molar-refractivity contribution < 1.29 is 5.11 Å². The largest absolute Gasteiger partial charge is 0.389 e. The monoisotopic (exact) mass is 142 g/mol. The number of hydrogen-bond donors (Lipinski definition) is 1. The van der Waals surface area contributed by atoms with Crippen LogP contribution in [0.2, 0.25) is 0 Å². The van der Waals surface area contributed by atoms with Crippen LogP contribution in [0, 0.1) is 0 Å². The summed E-state index contributed by atoms with van der Waals surface area (Å²) in [7, 11) is 0. The van der Waals surface area contributed by atoms with Gasteiger partial charge in [-0.25, -0.2) is 0 Å². The van der Waals surface area contributed by atoms with Gasteiger partial charge in [0.1, 0.15) is 0 Å². The normalized spacial score (nSPS) is 14.3. The molecule has 1 atom stereocenters. The van der Waals surface area contributed by atoms with E-state index in [1.54, 1.807) is 0 Å². The van der Waals surface area contributed by atoms with E-state index in [9.17, 15) is 5.11 Å². The molecular formula is C9H18O. The van der Waals surface area contributed by atoms with Crippen molar-refractivity contribution in [2.75, 3.05) is 0 Å². The Balaban J connectivity index is 3.26. The van der Waals surface area contributed by atoms with Crippen LogP contribution in [0.15, 0.2) is 12.2 Å². The molecule has 1 heteroatoms. The smallest absolute Gasteiger partial charge is 0.0720 e. The fourth-order valence-corrected chi connectivity index (χ4v) is 0.812. The molecule has 0 aromatic carbocycles. The Kier molecular flexibility index (Phi) is 6.61. The molecule has 0 unspecified atom stereocenters. The molecule has 10 heavy (non-hydrogen) atoms. The van der Waals surface area contributed by atoms with Crippen molar-refractivity contribution in [1.29, 1.82) is 0 Å². The zero-order chi connectivity index (χ0) is 7.82. The van der Waals surface area contributed by atoms with Crippen LogP contribution < -0.4 is 0 Å². The Hall–Kier alpha value is -0.300. The van der Waals surface area contributed by atoms with E-state index in [0.29, 0.717) is 0 Å². The third-order valence-electron chi connectivity index (χ3n) is 1.40. The molecule has 0 heterocycles. The minimum atomic E-state index is -0.212. The highest BCUT2D eigenvalue weighted by Crippen LogP contribution is 1.98. The summed E-state index contributed by atoms with van der Waals surface area (Å²) in [6, 6.07) is 0. The molecule has 0 aromatic heterocycles. The van der Waals surface area contributed by atoms with Crippen molar-refractivity contribution in [3.8, 4) is 0 Å². The minimum Gasteiger partial charge on any atom is -0.389 e. The van der Waals surface area contributed by atoms with Gasteiger partial charge in [0.05, 0.1) is 6.10 Å². The highest BCUT2D eigenvalue weighted by Gasteiger charge is 1.93. The Morgan fingerprint density at radius 1 is 1.30 bits per heavy atom. The molecule has 0 aliphatic rings. The second-order valence-electron chi connectivity index (χ2n) is 2.57. The van der Waals surface area contributed by atoms with Crippen molar-refractivity contribution in [2.24, 2.45) is 0 Å². The van der Waals surface area contributed by atoms with Crippen LogP contribution in [-0.2, 0) is 0 Å². The molecule has 0 amide bonds. The van der Waals surface area contributed by atoms with Gasteiger partial charge >= 0.3 is 0 Å². The maximum Gasteiger partial charge on any atom is 0.0720 e. The Bertz CT molecular complexity index is 86.7. The molecule has 0 saturated heterocycles. The highest BCUT2D eigenvalue weighted by molar-refractivity contribution is 4.87. The maximum atomic E-state index is 9.19. The molecule has 1 N–H and O–H groups in total. The summed E-state index contributed by atoms with van der Waals surface area (Å²) in [5.74, 6) is 0. The summed E-state index contributed by atoms with van der Waals surface area (Å²) < 4.78 is 0. The molecule has 60 valence electrons. The second-order valence-corrected chi connectivity index (χ2v) is 2.57. The molecule has 1 nitrogen and oxygen atoms in total. The number of allylic oxidation sites excluding steroid dienone is 1. The third kappa shape index (κ3) is 5.83. The summed E-state index contributed by atoms with van der Waals surface area (Å²) in [6.45, 7) is 4.22. The van der Waals surface area contributed by atoms with Crippen molar-refractivity contribution >= 4 is 0 Å². The molecule has 0 rings (SSSR count). The summed E-state index contributed by atoms with van der Waals surface area (Å²) >= 11 is 0. The summed E-state index contributed by atoms with van der Waals surface area (Å²) in [4.78, 5) is 0. The lowest BCUT2D eigenvalue weighted by atomic mass is 10.2. The van der Waals surface area contributed by atoms with E-state index in [0.717, 1.165) is 25.7 Å². The lowest BCUT2D eigenvalue weighted by Crippen LogP contribution is -1.99. The fourth-order valence-electron chi connectivity index (χ4n) is 0.812. The molecule has 0 fully saturated rings. The Morgan fingerprint density at radius 3 is 2.50 bits per heavy atom. The first kappa shape index (κ1) is 9.70.